The van der Waals surface area contributed by atoms with Crippen LogP contribution >= 0.6 is 0 Å². The number of rotatable bonds is 5. The lowest BCUT2D eigenvalue weighted by molar-refractivity contribution is 0.00578. The summed E-state index contributed by atoms with van der Waals surface area (Å²) >= 11 is 0. The van der Waals surface area contributed by atoms with E-state index in [4.69, 9.17) is 14.0 Å². The molecule has 2 aromatic carbocycles. The summed E-state index contributed by atoms with van der Waals surface area (Å²) in [6, 6.07) is 17.1. The summed E-state index contributed by atoms with van der Waals surface area (Å²) in [6.45, 7) is 8.31. The van der Waals surface area contributed by atoms with Crippen molar-refractivity contribution in [3.05, 3.63) is 71.7 Å². The molecule has 2 aromatic rings. The quantitative estimate of drug-likeness (QED) is 0.736. The highest BCUT2D eigenvalue weighted by Gasteiger charge is 2.49. The molecule has 0 radical (unpaired) electrons. The van der Waals surface area contributed by atoms with Crippen molar-refractivity contribution < 1.29 is 18.8 Å². The van der Waals surface area contributed by atoms with Crippen LogP contribution in [-0.2, 0) is 20.7 Å². The second-order valence-corrected chi connectivity index (χ2v) is 7.80. The Balaban J connectivity index is 1.56. The Morgan fingerprint density at radius 3 is 2.39 bits per heavy atom. The topological polar surface area (TPSA) is 56.8 Å². The first-order valence-electron chi connectivity index (χ1n) is 9.37. The van der Waals surface area contributed by atoms with Crippen LogP contribution in [0.4, 0.5) is 10.5 Å². The van der Waals surface area contributed by atoms with Crippen LogP contribution < -0.4 is 5.32 Å². The van der Waals surface area contributed by atoms with Crippen molar-refractivity contribution in [2.75, 3.05) is 5.32 Å². The van der Waals surface area contributed by atoms with E-state index in [0.717, 1.165) is 11.1 Å². The third kappa shape index (κ3) is 5.03. The van der Waals surface area contributed by atoms with E-state index in [0.29, 0.717) is 5.69 Å². The predicted octanol–water partition coefficient (Wildman–Crippen LogP) is 5.08. The molecule has 0 saturated carbocycles. The minimum Gasteiger partial charge on any atom is -0.444 e. The van der Waals surface area contributed by atoms with E-state index in [1.807, 2.05) is 94.3 Å². The SMILES string of the molecule is CC1(C)OB(/C=C/c2cccc(NC(=O)OCc3ccccc3)c2)OC1(C)C. The van der Waals surface area contributed by atoms with E-state index in [-0.39, 0.29) is 17.8 Å². The Bertz CT molecular complexity index is 833. The molecule has 0 aliphatic carbocycles. The summed E-state index contributed by atoms with van der Waals surface area (Å²) in [5, 5.41) is 2.75. The number of amides is 1. The maximum absolute atomic E-state index is 12.0. The lowest BCUT2D eigenvalue weighted by Crippen LogP contribution is -2.41. The van der Waals surface area contributed by atoms with Crippen LogP contribution in [0, 0.1) is 0 Å². The van der Waals surface area contributed by atoms with Gasteiger partial charge in [0.05, 0.1) is 11.2 Å². The molecular weight excluding hydrogens is 353 g/mol. The van der Waals surface area contributed by atoms with Crippen molar-refractivity contribution in [3.63, 3.8) is 0 Å². The van der Waals surface area contributed by atoms with Gasteiger partial charge in [-0.1, -0.05) is 54.5 Å². The minimum atomic E-state index is -0.490. The van der Waals surface area contributed by atoms with Crippen LogP contribution in [0.3, 0.4) is 0 Å². The maximum atomic E-state index is 12.0. The van der Waals surface area contributed by atoms with Gasteiger partial charge in [0.25, 0.3) is 0 Å². The zero-order valence-electron chi connectivity index (χ0n) is 16.8. The zero-order valence-corrected chi connectivity index (χ0v) is 16.8. The van der Waals surface area contributed by atoms with Gasteiger partial charge < -0.3 is 14.0 Å². The molecule has 1 aliphatic heterocycles. The van der Waals surface area contributed by atoms with Crippen LogP contribution in [-0.4, -0.2) is 24.4 Å². The predicted molar refractivity (Wildman–Crippen MR) is 112 cm³/mol. The van der Waals surface area contributed by atoms with Gasteiger partial charge in [-0.25, -0.2) is 4.79 Å². The van der Waals surface area contributed by atoms with E-state index in [1.54, 1.807) is 0 Å². The number of nitrogens with one attached hydrogen (secondary N) is 1. The molecule has 1 saturated heterocycles. The lowest BCUT2D eigenvalue weighted by Gasteiger charge is -2.32. The number of hydrogen-bond donors (Lipinski definition) is 1. The highest BCUT2D eigenvalue weighted by molar-refractivity contribution is 6.52. The fourth-order valence-corrected chi connectivity index (χ4v) is 2.75. The summed E-state index contributed by atoms with van der Waals surface area (Å²) < 4.78 is 17.2. The second-order valence-electron chi connectivity index (χ2n) is 7.80. The molecule has 0 unspecified atom stereocenters. The van der Waals surface area contributed by atoms with Crippen LogP contribution in [0.2, 0.25) is 0 Å². The molecule has 1 N–H and O–H groups in total. The Morgan fingerprint density at radius 1 is 1.04 bits per heavy atom. The van der Waals surface area contributed by atoms with Gasteiger partial charge in [-0.15, -0.1) is 0 Å². The van der Waals surface area contributed by atoms with E-state index in [9.17, 15) is 4.79 Å². The van der Waals surface area contributed by atoms with E-state index >= 15 is 0 Å². The average Bonchev–Trinajstić information content (AvgIpc) is 2.86. The molecule has 28 heavy (non-hydrogen) atoms. The molecule has 0 aromatic heterocycles. The molecule has 1 heterocycles. The van der Waals surface area contributed by atoms with Crippen molar-refractivity contribution in [1.82, 2.24) is 0 Å². The van der Waals surface area contributed by atoms with Crippen LogP contribution in [0.1, 0.15) is 38.8 Å². The van der Waals surface area contributed by atoms with Crippen molar-refractivity contribution in [1.29, 1.82) is 0 Å². The number of hydrogen-bond acceptors (Lipinski definition) is 4. The third-order valence-corrected chi connectivity index (χ3v) is 5.06. The monoisotopic (exact) mass is 379 g/mol. The standard InChI is InChI=1S/C22H26BNO4/c1-21(2)22(3,4)28-23(27-21)14-13-17-11-8-12-19(15-17)24-20(25)26-16-18-9-6-5-7-10-18/h5-15H,16H2,1-4H3,(H,24,25)/b14-13+. The van der Waals surface area contributed by atoms with Crippen molar-refractivity contribution >= 4 is 25.0 Å². The minimum absolute atomic E-state index is 0.230. The zero-order chi connectivity index (χ0) is 20.2. The van der Waals surface area contributed by atoms with Gasteiger partial charge in [0.2, 0.25) is 0 Å². The Kier molecular flexibility index (Phi) is 5.91. The molecule has 0 atom stereocenters. The van der Waals surface area contributed by atoms with E-state index in [2.05, 4.69) is 5.32 Å². The summed E-state index contributed by atoms with van der Waals surface area (Å²) in [4.78, 5) is 12.0. The molecule has 0 bridgehead atoms. The lowest BCUT2D eigenvalue weighted by atomic mass is 9.89. The number of benzene rings is 2. The molecule has 5 nitrogen and oxygen atoms in total. The fourth-order valence-electron chi connectivity index (χ4n) is 2.75. The normalized spacial score (nSPS) is 17.6. The summed E-state index contributed by atoms with van der Waals surface area (Å²) in [6.07, 6.45) is 1.43. The largest absolute Gasteiger partial charge is 0.487 e. The second kappa shape index (κ2) is 8.21. The Hall–Kier alpha value is -2.57. The molecule has 0 spiro atoms. The van der Waals surface area contributed by atoms with E-state index < -0.39 is 13.2 Å². The number of carbonyl (C=O) groups excluding carboxylic acids is 1. The van der Waals surface area contributed by atoms with Gasteiger partial charge >= 0.3 is 13.2 Å². The summed E-state index contributed by atoms with van der Waals surface area (Å²) in [5.74, 6) is 1.88. The van der Waals surface area contributed by atoms with Crippen molar-refractivity contribution in [3.8, 4) is 0 Å². The molecule has 3 rings (SSSR count). The van der Waals surface area contributed by atoms with Crippen LogP contribution in [0.25, 0.3) is 6.08 Å². The molecular formula is C22H26BNO4. The van der Waals surface area contributed by atoms with Gasteiger partial charge in [-0.2, -0.15) is 0 Å². The highest BCUT2D eigenvalue weighted by Crippen LogP contribution is 2.37. The smallest absolute Gasteiger partial charge is 0.444 e. The van der Waals surface area contributed by atoms with Crippen LogP contribution in [0.5, 0.6) is 0 Å². The number of anilines is 1. The van der Waals surface area contributed by atoms with Crippen molar-refractivity contribution in [2.45, 2.75) is 45.5 Å². The van der Waals surface area contributed by atoms with Gasteiger partial charge in [0.1, 0.15) is 6.61 Å². The first-order valence-corrected chi connectivity index (χ1v) is 9.37. The Labute approximate surface area is 166 Å². The number of carbonyl (C=O) groups is 1. The van der Waals surface area contributed by atoms with Gasteiger partial charge in [0, 0.05) is 5.69 Å². The fraction of sp³-hybridized carbons (Fsp3) is 0.318. The first kappa shape index (κ1) is 20.2. The van der Waals surface area contributed by atoms with Gasteiger partial charge in [-0.3, -0.25) is 5.32 Å². The van der Waals surface area contributed by atoms with Gasteiger partial charge in [-0.05, 0) is 51.0 Å². The molecule has 1 aliphatic rings. The first-order chi connectivity index (χ1) is 13.2. The molecule has 146 valence electrons. The summed E-state index contributed by atoms with van der Waals surface area (Å²) in [7, 11) is -0.405. The van der Waals surface area contributed by atoms with Gasteiger partial charge in [0.15, 0.2) is 0 Å². The highest BCUT2D eigenvalue weighted by atomic mass is 16.7. The van der Waals surface area contributed by atoms with Crippen molar-refractivity contribution in [2.24, 2.45) is 0 Å². The summed E-state index contributed by atoms with van der Waals surface area (Å²) in [5.41, 5.74) is 1.79. The number of ether oxygens (including phenoxy) is 1. The maximum Gasteiger partial charge on any atom is 0.487 e. The van der Waals surface area contributed by atoms with Crippen LogP contribution in [0.15, 0.2) is 60.6 Å². The third-order valence-electron chi connectivity index (χ3n) is 5.06. The Morgan fingerprint density at radius 2 is 1.71 bits per heavy atom. The molecule has 1 amide bonds. The molecule has 6 heteroatoms. The molecule has 1 fully saturated rings. The van der Waals surface area contributed by atoms with E-state index in [1.165, 1.54) is 0 Å². The average molecular weight is 379 g/mol.